The molecule has 0 aliphatic carbocycles. The zero-order valence-corrected chi connectivity index (χ0v) is 12.6. The monoisotopic (exact) mass is 504 g/mol. The van der Waals surface area contributed by atoms with E-state index in [0.29, 0.717) is 18.8 Å². The van der Waals surface area contributed by atoms with E-state index >= 15 is 0 Å². The minimum atomic E-state index is -0.879. The number of hydrogen-bond donors (Lipinski definition) is 1. The molecule has 0 bridgehead atoms. The molecule has 0 fully saturated rings. The summed E-state index contributed by atoms with van der Waals surface area (Å²) >= 11 is 5.22. The number of rotatable bonds is 1. The van der Waals surface area contributed by atoms with Crippen molar-refractivity contribution < 1.29 is 9.90 Å². The van der Waals surface area contributed by atoms with Crippen LogP contribution in [0.5, 0.6) is 0 Å². The van der Waals surface area contributed by atoms with Crippen molar-refractivity contribution in [2.45, 2.75) is 0 Å². The summed E-state index contributed by atoms with van der Waals surface area (Å²) in [6.07, 6.45) is 0. The standard InChI is InChI=1S/C7H6O2.HI3/c8-7(9)6-4-2-1-3-5-6;1-3-2/h1-5H,(H,8,9);3H. The molecule has 0 saturated carbocycles. The van der Waals surface area contributed by atoms with Gasteiger partial charge in [0.15, 0.2) is 0 Å². The third-order valence-electron chi connectivity index (χ3n) is 1.02. The molecular weight excluding hydrogens is 497 g/mol. The van der Waals surface area contributed by atoms with Crippen molar-refractivity contribution in [3.8, 4) is 0 Å². The van der Waals surface area contributed by atoms with Crippen molar-refractivity contribution in [3.05, 3.63) is 35.9 Å². The van der Waals surface area contributed by atoms with Gasteiger partial charge in [-0.25, -0.2) is 4.79 Å². The zero-order chi connectivity index (χ0) is 9.40. The summed E-state index contributed by atoms with van der Waals surface area (Å²) in [5.41, 5.74) is 0.331. The van der Waals surface area contributed by atoms with E-state index in [1.807, 2.05) is 0 Å². The first-order valence-electron chi connectivity index (χ1n) is 2.90. The molecule has 68 valence electrons. The zero-order valence-electron chi connectivity index (χ0n) is 5.91. The van der Waals surface area contributed by atoms with Crippen molar-refractivity contribution in [3.63, 3.8) is 0 Å². The van der Waals surface area contributed by atoms with Gasteiger partial charge in [-0.15, -0.1) is 0 Å². The molecule has 12 heavy (non-hydrogen) atoms. The predicted molar refractivity (Wildman–Crippen MR) is 76.9 cm³/mol. The Hall–Kier alpha value is 0.880. The van der Waals surface area contributed by atoms with Crippen LogP contribution >= 0.6 is 50.5 Å². The van der Waals surface area contributed by atoms with Gasteiger partial charge >= 0.3 is 56.5 Å². The minimum Gasteiger partial charge on any atom is -0.478 e. The minimum absolute atomic E-state index is 0.331. The SMILES string of the molecule is I[IH]I.O=C(O)c1ccccc1. The van der Waals surface area contributed by atoms with E-state index in [0.717, 1.165) is 0 Å². The van der Waals surface area contributed by atoms with E-state index in [4.69, 9.17) is 5.11 Å². The van der Waals surface area contributed by atoms with Crippen molar-refractivity contribution in [1.29, 1.82) is 0 Å². The first kappa shape index (κ1) is 12.9. The number of benzene rings is 1. The maximum Gasteiger partial charge on any atom is 0.335 e. The molecule has 1 rings (SSSR count). The summed E-state index contributed by atoms with van der Waals surface area (Å²) < 4.78 is 0. The molecule has 0 heterocycles. The molecule has 5 heteroatoms. The maximum absolute atomic E-state index is 10.2. The number of carbonyl (C=O) groups is 1. The van der Waals surface area contributed by atoms with E-state index in [1.54, 1.807) is 30.3 Å². The number of halogens is 3. The second-order valence-electron chi connectivity index (χ2n) is 1.73. The molecule has 0 aliphatic heterocycles. The summed E-state index contributed by atoms with van der Waals surface area (Å²) in [7, 11) is 0. The van der Waals surface area contributed by atoms with Crippen LogP contribution in [0.1, 0.15) is 10.4 Å². The van der Waals surface area contributed by atoms with Crippen LogP contribution in [0.2, 0.25) is 0 Å². The second-order valence-corrected chi connectivity index (χ2v) is 19.3. The molecule has 1 aromatic rings. The Morgan fingerprint density at radius 1 is 1.25 bits per heavy atom. The fraction of sp³-hybridized carbons (Fsp3) is 0. The van der Waals surface area contributed by atoms with Crippen LogP contribution in [0.25, 0.3) is 0 Å². The van der Waals surface area contributed by atoms with E-state index in [9.17, 15) is 4.79 Å². The van der Waals surface area contributed by atoms with Crippen LogP contribution in [0.15, 0.2) is 30.3 Å². The molecule has 0 amide bonds. The molecule has 0 atom stereocenters. The molecule has 0 saturated heterocycles. The van der Waals surface area contributed by atoms with Crippen molar-refractivity contribution in [2.75, 3.05) is 0 Å². The largest absolute Gasteiger partial charge is 0.478 e. The fourth-order valence-electron chi connectivity index (χ4n) is 0.581. The topological polar surface area (TPSA) is 37.3 Å². The van der Waals surface area contributed by atoms with Crippen molar-refractivity contribution in [1.82, 2.24) is 0 Å². The van der Waals surface area contributed by atoms with Gasteiger partial charge in [-0.1, -0.05) is 18.2 Å². The van der Waals surface area contributed by atoms with Crippen LogP contribution in [0, 0.1) is 0 Å². The van der Waals surface area contributed by atoms with E-state index in [2.05, 4.69) is 37.2 Å². The molecule has 1 N–H and O–H groups in total. The van der Waals surface area contributed by atoms with Crippen LogP contribution in [-0.4, -0.2) is 11.1 Å². The first-order chi connectivity index (χ1) is 5.72. The molecular formula is C7H7I3O2. The Bertz CT molecular complexity index is 225. The van der Waals surface area contributed by atoms with Crippen molar-refractivity contribution in [2.24, 2.45) is 0 Å². The smallest absolute Gasteiger partial charge is 0.335 e. The average Bonchev–Trinajstić information content (AvgIpc) is 2.07. The van der Waals surface area contributed by atoms with E-state index in [1.165, 1.54) is 0 Å². The van der Waals surface area contributed by atoms with Crippen molar-refractivity contribution >= 4 is 56.5 Å². The van der Waals surface area contributed by atoms with Gasteiger partial charge in [-0.05, 0) is 12.1 Å². The Labute approximate surface area is 101 Å². The summed E-state index contributed by atoms with van der Waals surface area (Å²) in [5.74, 6) is -0.879. The molecule has 0 radical (unpaired) electrons. The summed E-state index contributed by atoms with van der Waals surface area (Å²) in [6.45, 7) is 0. The normalized spacial score (nSPS) is 8.50. The van der Waals surface area contributed by atoms with Gasteiger partial charge in [-0.2, -0.15) is 0 Å². The molecule has 0 spiro atoms. The third kappa shape index (κ3) is 6.40. The van der Waals surface area contributed by atoms with Gasteiger partial charge in [0.25, 0.3) is 0 Å². The summed E-state index contributed by atoms with van der Waals surface area (Å²) in [5, 5.41) is 8.38. The average molecular weight is 504 g/mol. The summed E-state index contributed by atoms with van der Waals surface area (Å²) in [6, 6.07) is 8.30. The van der Waals surface area contributed by atoms with Gasteiger partial charge in [0.05, 0.1) is 5.56 Å². The quantitative estimate of drug-likeness (QED) is 0.593. The van der Waals surface area contributed by atoms with E-state index in [-0.39, 0.29) is 0 Å². The van der Waals surface area contributed by atoms with Crippen LogP contribution < -0.4 is 0 Å². The Kier molecular flexibility index (Phi) is 9.10. The van der Waals surface area contributed by atoms with Gasteiger partial charge in [0, 0.05) is 0 Å². The number of hydrogen-bond acceptors (Lipinski definition) is 1. The molecule has 0 aliphatic rings. The Balaban J connectivity index is 0.000000354. The number of aromatic carboxylic acids is 1. The third-order valence-corrected chi connectivity index (χ3v) is 1.02. The number of carboxylic acids is 1. The molecule has 2 nitrogen and oxygen atoms in total. The second kappa shape index (κ2) is 8.48. The van der Waals surface area contributed by atoms with E-state index < -0.39 is 5.97 Å². The van der Waals surface area contributed by atoms with Gasteiger partial charge in [0.2, 0.25) is 0 Å². The first-order valence-corrected chi connectivity index (χ1v) is 16.5. The van der Waals surface area contributed by atoms with Crippen LogP contribution in [0.4, 0.5) is 0 Å². The van der Waals surface area contributed by atoms with Gasteiger partial charge < -0.3 is 5.11 Å². The number of carboxylic acid groups (broad SMARTS) is 1. The molecule has 0 unspecified atom stereocenters. The molecule has 1 aromatic carbocycles. The Morgan fingerprint density at radius 3 is 1.92 bits per heavy atom. The van der Waals surface area contributed by atoms with Crippen LogP contribution in [-0.2, 0) is 0 Å². The Morgan fingerprint density at radius 2 is 1.67 bits per heavy atom. The molecule has 0 aromatic heterocycles. The predicted octanol–water partition coefficient (Wildman–Crippen LogP) is 3.77. The maximum atomic E-state index is 10.2. The summed E-state index contributed by atoms with van der Waals surface area (Å²) in [4.78, 5) is 10.2. The fourth-order valence-corrected chi connectivity index (χ4v) is 0.581. The van der Waals surface area contributed by atoms with Gasteiger partial charge in [0.1, 0.15) is 0 Å². The van der Waals surface area contributed by atoms with Gasteiger partial charge in [-0.3, -0.25) is 0 Å². The van der Waals surface area contributed by atoms with Crippen LogP contribution in [0.3, 0.4) is 0 Å².